The summed E-state index contributed by atoms with van der Waals surface area (Å²) in [5.74, 6) is 0.838. The Balaban J connectivity index is 2.30. The first-order valence-electron chi connectivity index (χ1n) is 4.86. The largest absolute Gasteiger partial charge is 0.331 e. The average molecular weight is 244 g/mol. The molecule has 3 rings (SSSR count). The van der Waals surface area contributed by atoms with Gasteiger partial charge in [0, 0.05) is 27.2 Å². The van der Waals surface area contributed by atoms with E-state index in [0.29, 0.717) is 4.64 Å². The van der Waals surface area contributed by atoms with Crippen LogP contribution in [0.2, 0.25) is 0 Å². The van der Waals surface area contributed by atoms with Crippen LogP contribution >= 0.6 is 23.6 Å². The standard InChI is InChI=1S/C12H8N2S2/c15-11-5-6-13-12(14-11)9-7-16-10-4-2-1-3-8(9)10/h1-7H,(H,13,14,15). The number of benzene rings is 1. The number of H-pyrrole nitrogens is 1. The third-order valence-electron chi connectivity index (χ3n) is 2.41. The van der Waals surface area contributed by atoms with E-state index in [2.05, 4.69) is 27.5 Å². The molecule has 78 valence electrons. The molecule has 1 aromatic carbocycles. The predicted molar refractivity (Wildman–Crippen MR) is 70.2 cm³/mol. The van der Waals surface area contributed by atoms with Crippen molar-refractivity contribution in [3.63, 3.8) is 0 Å². The van der Waals surface area contributed by atoms with Gasteiger partial charge in [-0.25, -0.2) is 4.98 Å². The summed E-state index contributed by atoms with van der Waals surface area (Å²) in [6.45, 7) is 0. The maximum atomic E-state index is 5.10. The van der Waals surface area contributed by atoms with Crippen molar-refractivity contribution in [3.8, 4) is 11.4 Å². The molecular formula is C12H8N2S2. The zero-order valence-electron chi connectivity index (χ0n) is 8.31. The molecule has 0 saturated carbocycles. The van der Waals surface area contributed by atoms with E-state index in [9.17, 15) is 0 Å². The van der Waals surface area contributed by atoms with Crippen molar-refractivity contribution < 1.29 is 0 Å². The normalized spacial score (nSPS) is 10.8. The van der Waals surface area contributed by atoms with Crippen molar-refractivity contribution in [2.24, 2.45) is 0 Å². The van der Waals surface area contributed by atoms with Crippen LogP contribution in [0.3, 0.4) is 0 Å². The molecule has 2 nitrogen and oxygen atoms in total. The summed E-state index contributed by atoms with van der Waals surface area (Å²) in [6.07, 6.45) is 1.74. The molecule has 0 unspecified atom stereocenters. The highest BCUT2D eigenvalue weighted by Crippen LogP contribution is 2.31. The van der Waals surface area contributed by atoms with Gasteiger partial charge in [-0.2, -0.15) is 0 Å². The van der Waals surface area contributed by atoms with Gasteiger partial charge in [-0.1, -0.05) is 30.4 Å². The van der Waals surface area contributed by atoms with E-state index in [4.69, 9.17) is 12.2 Å². The highest BCUT2D eigenvalue weighted by atomic mass is 32.1. The molecule has 2 heterocycles. The van der Waals surface area contributed by atoms with Gasteiger partial charge in [-0.15, -0.1) is 11.3 Å². The predicted octanol–water partition coefficient (Wildman–Crippen LogP) is 4.02. The summed E-state index contributed by atoms with van der Waals surface area (Å²) in [6, 6.07) is 10.1. The Morgan fingerprint density at radius 2 is 2.06 bits per heavy atom. The van der Waals surface area contributed by atoms with Gasteiger partial charge in [0.15, 0.2) is 0 Å². The molecule has 0 radical (unpaired) electrons. The van der Waals surface area contributed by atoms with Crippen LogP contribution in [-0.2, 0) is 0 Å². The number of rotatable bonds is 1. The molecule has 1 N–H and O–H groups in total. The Morgan fingerprint density at radius 3 is 2.94 bits per heavy atom. The first-order chi connectivity index (χ1) is 7.84. The van der Waals surface area contributed by atoms with Gasteiger partial charge in [0.05, 0.1) is 0 Å². The Bertz CT molecular complexity index is 697. The molecule has 2 aromatic heterocycles. The minimum Gasteiger partial charge on any atom is -0.331 e. The molecule has 4 heteroatoms. The number of hydrogen-bond acceptors (Lipinski definition) is 3. The number of fused-ring (bicyclic) bond motifs is 1. The minimum atomic E-state index is 0.709. The topological polar surface area (TPSA) is 28.7 Å². The molecule has 16 heavy (non-hydrogen) atoms. The second-order valence-electron chi connectivity index (χ2n) is 3.43. The van der Waals surface area contributed by atoms with Crippen LogP contribution in [0.5, 0.6) is 0 Å². The number of nitrogens with one attached hydrogen (secondary N) is 1. The summed E-state index contributed by atoms with van der Waals surface area (Å²) < 4.78 is 1.97. The summed E-state index contributed by atoms with van der Waals surface area (Å²) in [5.41, 5.74) is 1.12. The minimum absolute atomic E-state index is 0.709. The van der Waals surface area contributed by atoms with E-state index < -0.39 is 0 Å². The van der Waals surface area contributed by atoms with Crippen LogP contribution in [0.25, 0.3) is 21.5 Å². The highest BCUT2D eigenvalue weighted by molar-refractivity contribution is 7.71. The fourth-order valence-corrected chi connectivity index (χ4v) is 2.77. The van der Waals surface area contributed by atoms with Crippen molar-refractivity contribution in [2.75, 3.05) is 0 Å². The molecule has 3 aromatic rings. The average Bonchev–Trinajstić information content (AvgIpc) is 2.72. The fraction of sp³-hybridized carbons (Fsp3) is 0. The Morgan fingerprint density at radius 1 is 1.19 bits per heavy atom. The molecule has 0 aliphatic rings. The monoisotopic (exact) mass is 244 g/mol. The second kappa shape index (κ2) is 3.81. The number of hydrogen-bond donors (Lipinski definition) is 1. The number of aromatic nitrogens is 2. The van der Waals surface area contributed by atoms with Crippen LogP contribution in [-0.4, -0.2) is 9.97 Å². The molecule has 0 fully saturated rings. The van der Waals surface area contributed by atoms with Gasteiger partial charge in [0.1, 0.15) is 10.5 Å². The molecule has 0 saturated heterocycles. The van der Waals surface area contributed by atoms with Gasteiger partial charge < -0.3 is 4.98 Å². The first-order valence-corrected chi connectivity index (χ1v) is 6.15. The maximum absolute atomic E-state index is 5.10. The zero-order chi connectivity index (χ0) is 11.0. The van der Waals surface area contributed by atoms with E-state index in [1.54, 1.807) is 23.6 Å². The highest BCUT2D eigenvalue weighted by Gasteiger charge is 2.06. The van der Waals surface area contributed by atoms with Gasteiger partial charge in [-0.3, -0.25) is 0 Å². The lowest BCUT2D eigenvalue weighted by Crippen LogP contribution is -1.86. The molecule has 0 aliphatic heterocycles. The quantitative estimate of drug-likeness (QED) is 0.655. The van der Waals surface area contributed by atoms with Crippen molar-refractivity contribution in [1.82, 2.24) is 9.97 Å². The van der Waals surface area contributed by atoms with Crippen molar-refractivity contribution >= 4 is 33.6 Å². The summed E-state index contributed by atoms with van der Waals surface area (Å²) in [4.78, 5) is 7.43. The number of aromatic amines is 1. The molecule has 0 amide bonds. The lowest BCUT2D eigenvalue weighted by Gasteiger charge is -1.98. The lowest BCUT2D eigenvalue weighted by molar-refractivity contribution is 1.17. The SMILES string of the molecule is S=c1ccnc(-c2csc3ccccc23)[nH]1. The van der Waals surface area contributed by atoms with Crippen molar-refractivity contribution in [1.29, 1.82) is 0 Å². The smallest absolute Gasteiger partial charge is 0.139 e. The maximum Gasteiger partial charge on any atom is 0.139 e. The van der Waals surface area contributed by atoms with Gasteiger partial charge >= 0.3 is 0 Å². The summed E-state index contributed by atoms with van der Waals surface area (Å²) in [5, 5.41) is 3.33. The van der Waals surface area contributed by atoms with Crippen molar-refractivity contribution in [2.45, 2.75) is 0 Å². The van der Waals surface area contributed by atoms with Gasteiger partial charge in [-0.05, 0) is 12.1 Å². The number of nitrogens with zero attached hydrogens (tertiary/aromatic N) is 1. The lowest BCUT2D eigenvalue weighted by atomic mass is 10.2. The van der Waals surface area contributed by atoms with Crippen LogP contribution < -0.4 is 0 Å². The first kappa shape index (κ1) is 9.69. The van der Waals surface area contributed by atoms with E-state index in [-0.39, 0.29) is 0 Å². The second-order valence-corrected chi connectivity index (χ2v) is 4.78. The van der Waals surface area contributed by atoms with E-state index in [1.807, 2.05) is 12.1 Å². The molecule has 0 bridgehead atoms. The summed E-state index contributed by atoms with van der Waals surface area (Å²) >= 11 is 6.82. The molecule has 0 aliphatic carbocycles. The Hall–Kier alpha value is -1.52. The zero-order valence-corrected chi connectivity index (χ0v) is 9.94. The molecule has 0 spiro atoms. The Labute approximate surface area is 102 Å². The van der Waals surface area contributed by atoms with Gasteiger partial charge in [0.25, 0.3) is 0 Å². The van der Waals surface area contributed by atoms with Crippen LogP contribution in [0.15, 0.2) is 41.9 Å². The number of thiophene rings is 1. The van der Waals surface area contributed by atoms with Crippen molar-refractivity contribution in [3.05, 3.63) is 46.5 Å². The van der Waals surface area contributed by atoms with Gasteiger partial charge in [0.2, 0.25) is 0 Å². The summed E-state index contributed by atoms with van der Waals surface area (Å²) in [7, 11) is 0. The van der Waals surface area contributed by atoms with Crippen LogP contribution in [0.4, 0.5) is 0 Å². The molecule has 0 atom stereocenters. The van der Waals surface area contributed by atoms with E-state index in [1.165, 1.54) is 10.1 Å². The van der Waals surface area contributed by atoms with Crippen LogP contribution in [0.1, 0.15) is 0 Å². The third-order valence-corrected chi connectivity index (χ3v) is 3.61. The third kappa shape index (κ3) is 1.56. The van der Waals surface area contributed by atoms with Crippen LogP contribution in [0, 0.1) is 4.64 Å². The molecular weight excluding hydrogens is 236 g/mol. The Kier molecular flexibility index (Phi) is 2.31. The van der Waals surface area contributed by atoms with E-state index in [0.717, 1.165) is 11.4 Å². The fourth-order valence-electron chi connectivity index (χ4n) is 1.67. The van der Waals surface area contributed by atoms with E-state index >= 15 is 0 Å².